The molecule has 1 amide bonds. The Morgan fingerprint density at radius 2 is 1.62 bits per heavy atom. The second kappa shape index (κ2) is 30.9. The molecule has 39 heavy (non-hydrogen) atoms. The van der Waals surface area contributed by atoms with Gasteiger partial charge in [-0.25, -0.2) is 0 Å². The van der Waals surface area contributed by atoms with Crippen molar-refractivity contribution in [2.75, 3.05) is 60.5 Å². The van der Waals surface area contributed by atoms with Crippen molar-refractivity contribution < 1.29 is 33.3 Å². The van der Waals surface area contributed by atoms with Gasteiger partial charge in [-0.05, 0) is 61.9 Å². The second-order valence-corrected chi connectivity index (χ2v) is 8.64. The number of carbonyl (C=O) groups excluding carboxylic acids is 1. The summed E-state index contributed by atoms with van der Waals surface area (Å²) in [6.07, 6.45) is 6.65. The Bertz CT molecular complexity index is 641. The topological polar surface area (TPSA) is 87.7 Å². The molecule has 2 aliphatic rings. The average Bonchev–Trinajstić information content (AvgIpc) is 3.03. The number of carbonyl (C=O) groups is 1. The van der Waals surface area contributed by atoms with Crippen LogP contribution in [0.15, 0.2) is 41.8 Å². The van der Waals surface area contributed by atoms with Crippen LogP contribution in [0.1, 0.15) is 60.3 Å². The number of nitrogens with zero attached hydrogens (tertiary/aromatic N) is 1. The summed E-state index contributed by atoms with van der Waals surface area (Å²) in [7, 11) is 3.31. The minimum atomic E-state index is 0.142. The standard InChI is InChI=1S/C16H24N2O4S.C5H10O3.C4H8.2C2H6/c1-20-14-3-5-16(6-4-14)23-18(10-2-9-17-13-19)22-15-7-11-21-12-8-15;1-6-5-2-7-4-8-3-5;1-3-4-2;2*1-2/h3-6,13,15H,2,7-12H2,1H3,(H,17,19);5H,2-4H2,1H3;3H,1,4H2,2H3;2*1-2H3. The van der Waals surface area contributed by atoms with Gasteiger partial charge in [0.1, 0.15) is 18.6 Å². The van der Waals surface area contributed by atoms with Gasteiger partial charge in [-0.15, -0.1) is 11.0 Å². The zero-order chi connectivity index (χ0) is 29.6. The predicted molar refractivity (Wildman–Crippen MR) is 160 cm³/mol. The Hall–Kier alpha value is -1.66. The molecule has 1 aromatic carbocycles. The van der Waals surface area contributed by atoms with Gasteiger partial charge in [-0.3, -0.25) is 9.63 Å². The molecule has 0 spiro atoms. The van der Waals surface area contributed by atoms with Gasteiger partial charge in [-0.1, -0.05) is 40.7 Å². The highest BCUT2D eigenvalue weighted by molar-refractivity contribution is 7.96. The second-order valence-electron chi connectivity index (χ2n) is 7.58. The molecule has 0 radical (unpaired) electrons. The molecule has 2 heterocycles. The number of allylic oxidation sites excluding steroid dienone is 1. The van der Waals surface area contributed by atoms with Crippen LogP contribution < -0.4 is 10.1 Å². The van der Waals surface area contributed by atoms with E-state index in [0.717, 1.165) is 62.5 Å². The number of hydrogen-bond acceptors (Lipinski definition) is 9. The van der Waals surface area contributed by atoms with E-state index in [2.05, 4.69) is 18.8 Å². The van der Waals surface area contributed by atoms with E-state index in [1.165, 1.54) is 0 Å². The van der Waals surface area contributed by atoms with Crippen LogP contribution in [0.2, 0.25) is 0 Å². The number of amides is 1. The van der Waals surface area contributed by atoms with Gasteiger partial charge in [0.2, 0.25) is 6.41 Å². The molecule has 10 heteroatoms. The molecular formula is C29H54N2O7S. The Kier molecular flexibility index (Phi) is 31.3. The van der Waals surface area contributed by atoms with Crippen LogP contribution in [0, 0.1) is 0 Å². The van der Waals surface area contributed by atoms with E-state index >= 15 is 0 Å². The maximum absolute atomic E-state index is 10.3. The normalized spacial score (nSPS) is 15.0. The van der Waals surface area contributed by atoms with Crippen LogP contribution in [0.4, 0.5) is 0 Å². The fourth-order valence-corrected chi connectivity index (χ4v) is 3.67. The van der Waals surface area contributed by atoms with Crippen molar-refractivity contribution in [2.45, 2.75) is 77.4 Å². The smallest absolute Gasteiger partial charge is 0.207 e. The Balaban J connectivity index is 0. The number of benzene rings is 1. The summed E-state index contributed by atoms with van der Waals surface area (Å²) in [6, 6.07) is 7.88. The van der Waals surface area contributed by atoms with Gasteiger partial charge in [-0.2, -0.15) is 0 Å². The number of methoxy groups -OCH3 is 2. The fraction of sp³-hybridized carbons (Fsp3) is 0.690. The molecule has 0 aliphatic carbocycles. The van der Waals surface area contributed by atoms with Crippen molar-refractivity contribution in [3.05, 3.63) is 36.9 Å². The lowest BCUT2D eigenvalue weighted by molar-refractivity contribution is -0.159. The molecule has 0 bridgehead atoms. The van der Waals surface area contributed by atoms with E-state index in [0.29, 0.717) is 26.6 Å². The molecular weight excluding hydrogens is 520 g/mol. The molecule has 0 unspecified atom stereocenters. The first-order valence-electron chi connectivity index (χ1n) is 14.0. The van der Waals surface area contributed by atoms with E-state index in [-0.39, 0.29) is 12.2 Å². The maximum atomic E-state index is 10.3. The van der Waals surface area contributed by atoms with E-state index in [1.54, 1.807) is 26.2 Å². The quantitative estimate of drug-likeness (QED) is 0.108. The molecule has 0 saturated carbocycles. The molecule has 1 aromatic rings. The summed E-state index contributed by atoms with van der Waals surface area (Å²) in [4.78, 5) is 17.5. The van der Waals surface area contributed by atoms with Crippen molar-refractivity contribution in [3.8, 4) is 5.75 Å². The van der Waals surface area contributed by atoms with Crippen molar-refractivity contribution in [2.24, 2.45) is 0 Å². The summed E-state index contributed by atoms with van der Waals surface area (Å²) in [5.74, 6) is 0.835. The van der Waals surface area contributed by atoms with E-state index < -0.39 is 0 Å². The summed E-state index contributed by atoms with van der Waals surface area (Å²) in [5, 5.41) is 2.68. The van der Waals surface area contributed by atoms with Gasteiger partial charge in [0.05, 0.1) is 26.4 Å². The lowest BCUT2D eigenvalue weighted by atomic mass is 10.2. The van der Waals surface area contributed by atoms with Gasteiger partial charge in [0.15, 0.2) is 0 Å². The van der Waals surface area contributed by atoms with Crippen LogP contribution in [0.25, 0.3) is 0 Å². The minimum Gasteiger partial charge on any atom is -0.497 e. The molecule has 0 aromatic heterocycles. The van der Waals surface area contributed by atoms with Gasteiger partial charge in [0.25, 0.3) is 0 Å². The fourth-order valence-electron chi connectivity index (χ4n) is 2.79. The highest BCUT2D eigenvalue weighted by Gasteiger charge is 2.19. The van der Waals surface area contributed by atoms with Crippen molar-refractivity contribution >= 4 is 18.4 Å². The summed E-state index contributed by atoms with van der Waals surface area (Å²) < 4.78 is 27.2. The zero-order valence-corrected chi connectivity index (χ0v) is 26.1. The molecule has 2 fully saturated rings. The molecule has 2 aliphatic heterocycles. The molecule has 228 valence electrons. The largest absolute Gasteiger partial charge is 0.497 e. The molecule has 1 N–H and O–H groups in total. The van der Waals surface area contributed by atoms with Crippen molar-refractivity contribution in [1.82, 2.24) is 9.79 Å². The van der Waals surface area contributed by atoms with Crippen molar-refractivity contribution in [1.29, 1.82) is 0 Å². The van der Waals surface area contributed by atoms with Crippen molar-refractivity contribution in [3.63, 3.8) is 0 Å². The van der Waals surface area contributed by atoms with E-state index in [4.69, 9.17) is 28.5 Å². The highest BCUT2D eigenvalue weighted by Crippen LogP contribution is 2.27. The first-order chi connectivity index (χ1) is 19.2. The SMILES string of the molecule is C=CCC.CC.CC.COC1COCOC1.COc1ccc(SN(CCCNC=O)OC2CCOCC2)cc1. The Morgan fingerprint density at radius 3 is 2.08 bits per heavy atom. The molecule has 9 nitrogen and oxygen atoms in total. The summed E-state index contributed by atoms with van der Waals surface area (Å²) in [5.41, 5.74) is 0. The minimum absolute atomic E-state index is 0.142. The van der Waals surface area contributed by atoms with Crippen LogP contribution >= 0.6 is 11.9 Å². The summed E-state index contributed by atoms with van der Waals surface area (Å²) >= 11 is 1.56. The van der Waals surface area contributed by atoms with Crippen LogP contribution in [-0.2, 0) is 28.6 Å². The molecule has 0 atom stereocenters. The number of hydrogen-bond donors (Lipinski definition) is 1. The molecule has 2 saturated heterocycles. The van der Waals surface area contributed by atoms with Gasteiger partial charge >= 0.3 is 0 Å². The Morgan fingerprint density at radius 1 is 1.03 bits per heavy atom. The first kappa shape index (κ1) is 39.5. The third-order valence-electron chi connectivity index (χ3n) is 4.84. The van der Waals surface area contributed by atoms with E-state index in [9.17, 15) is 4.79 Å². The maximum Gasteiger partial charge on any atom is 0.207 e. The van der Waals surface area contributed by atoms with E-state index in [1.807, 2.05) is 62.5 Å². The third-order valence-corrected chi connectivity index (χ3v) is 5.80. The average molecular weight is 575 g/mol. The van der Waals surface area contributed by atoms with Crippen LogP contribution in [0.5, 0.6) is 5.75 Å². The molecule has 3 rings (SSSR count). The monoisotopic (exact) mass is 574 g/mol. The Labute approximate surface area is 242 Å². The zero-order valence-electron chi connectivity index (χ0n) is 25.3. The number of nitrogens with one attached hydrogen (secondary N) is 1. The number of ether oxygens (including phenoxy) is 5. The number of hydroxylamine groups is 1. The summed E-state index contributed by atoms with van der Waals surface area (Å²) in [6.45, 7) is 18.2. The lowest BCUT2D eigenvalue weighted by Gasteiger charge is -2.28. The first-order valence-corrected chi connectivity index (χ1v) is 14.7. The predicted octanol–water partition coefficient (Wildman–Crippen LogP) is 5.89. The van der Waals surface area contributed by atoms with Crippen LogP contribution in [0.3, 0.4) is 0 Å². The highest BCUT2D eigenvalue weighted by atomic mass is 32.2. The number of rotatable bonds is 12. The van der Waals surface area contributed by atoms with Gasteiger partial charge in [0, 0.05) is 38.3 Å². The van der Waals surface area contributed by atoms with Crippen LogP contribution in [-0.4, -0.2) is 83.6 Å². The van der Waals surface area contributed by atoms with Gasteiger partial charge < -0.3 is 29.0 Å². The third kappa shape index (κ3) is 22.8. The lowest BCUT2D eigenvalue weighted by Crippen LogP contribution is -2.31.